The SMILES string of the molecule is CC(=O)N(CC(=O)O)C1CCCN(Cc2ncc(-c3ccccc3)o2)CC1. The fourth-order valence-electron chi connectivity index (χ4n) is 3.56. The second kappa shape index (κ2) is 8.81. The van der Waals surface area contributed by atoms with Crippen LogP contribution in [-0.4, -0.2) is 57.4 Å². The first-order valence-corrected chi connectivity index (χ1v) is 9.24. The highest BCUT2D eigenvalue weighted by molar-refractivity contribution is 5.79. The third-order valence-corrected chi connectivity index (χ3v) is 4.91. The number of aromatic nitrogens is 1. The number of amides is 1. The molecule has 0 saturated carbocycles. The molecule has 1 aliphatic heterocycles. The summed E-state index contributed by atoms with van der Waals surface area (Å²) < 4.78 is 5.88. The van der Waals surface area contributed by atoms with E-state index in [9.17, 15) is 9.59 Å². The minimum atomic E-state index is -0.973. The van der Waals surface area contributed by atoms with Crippen LogP contribution in [0.5, 0.6) is 0 Å². The summed E-state index contributed by atoms with van der Waals surface area (Å²) in [6, 6.07) is 9.82. The number of carboxylic acids is 1. The zero-order valence-electron chi connectivity index (χ0n) is 15.5. The van der Waals surface area contributed by atoms with Gasteiger partial charge in [0.05, 0.1) is 12.7 Å². The number of nitrogens with zero attached hydrogens (tertiary/aromatic N) is 3. The van der Waals surface area contributed by atoms with Gasteiger partial charge in [0.2, 0.25) is 11.8 Å². The first-order chi connectivity index (χ1) is 13.0. The smallest absolute Gasteiger partial charge is 0.323 e. The van der Waals surface area contributed by atoms with Gasteiger partial charge in [-0.05, 0) is 25.8 Å². The van der Waals surface area contributed by atoms with Crippen molar-refractivity contribution in [2.24, 2.45) is 0 Å². The number of oxazole rings is 1. The predicted octanol–water partition coefficient (Wildman–Crippen LogP) is 2.63. The molecule has 0 aliphatic carbocycles. The molecular formula is C20H25N3O4. The molecule has 1 aliphatic rings. The van der Waals surface area contributed by atoms with Gasteiger partial charge in [-0.3, -0.25) is 14.5 Å². The van der Waals surface area contributed by atoms with Gasteiger partial charge in [-0.1, -0.05) is 30.3 Å². The van der Waals surface area contributed by atoms with Crippen molar-refractivity contribution in [1.82, 2.24) is 14.8 Å². The lowest BCUT2D eigenvalue weighted by atomic mass is 10.1. The van der Waals surface area contributed by atoms with E-state index in [0.29, 0.717) is 12.4 Å². The lowest BCUT2D eigenvalue weighted by Gasteiger charge is -2.28. The molecule has 144 valence electrons. The van der Waals surface area contributed by atoms with E-state index in [0.717, 1.165) is 43.7 Å². The van der Waals surface area contributed by atoms with Crippen LogP contribution in [0.2, 0.25) is 0 Å². The molecule has 1 N–H and O–H groups in total. The molecule has 1 atom stereocenters. The summed E-state index contributed by atoms with van der Waals surface area (Å²) in [5.41, 5.74) is 0.998. The van der Waals surface area contributed by atoms with E-state index in [4.69, 9.17) is 9.52 Å². The lowest BCUT2D eigenvalue weighted by Crippen LogP contribution is -2.42. The molecule has 1 fully saturated rings. The maximum absolute atomic E-state index is 11.8. The minimum absolute atomic E-state index is 0.0342. The van der Waals surface area contributed by atoms with Gasteiger partial charge >= 0.3 is 5.97 Å². The molecular weight excluding hydrogens is 346 g/mol. The Morgan fingerprint density at radius 3 is 2.74 bits per heavy atom. The number of benzene rings is 1. The van der Waals surface area contributed by atoms with Crippen LogP contribution in [0.25, 0.3) is 11.3 Å². The summed E-state index contributed by atoms with van der Waals surface area (Å²) in [4.78, 5) is 31.0. The quantitative estimate of drug-likeness (QED) is 0.840. The number of carboxylic acid groups (broad SMARTS) is 1. The standard InChI is InChI=1S/C20H25N3O4/c1-15(24)23(14-20(25)26)17-8-5-10-22(11-9-17)13-19-21-12-18(27-19)16-6-3-2-4-7-16/h2-4,6-7,12,17H,5,8-11,13-14H2,1H3,(H,25,26). The second-order valence-electron chi connectivity index (χ2n) is 6.89. The molecule has 1 saturated heterocycles. The van der Waals surface area contributed by atoms with Crippen LogP contribution in [0.4, 0.5) is 0 Å². The predicted molar refractivity (Wildman–Crippen MR) is 99.9 cm³/mol. The number of hydrogen-bond donors (Lipinski definition) is 1. The summed E-state index contributed by atoms with van der Waals surface area (Å²) in [5, 5.41) is 9.05. The Kier molecular flexibility index (Phi) is 6.24. The highest BCUT2D eigenvalue weighted by Crippen LogP contribution is 2.22. The molecule has 27 heavy (non-hydrogen) atoms. The van der Waals surface area contributed by atoms with E-state index in [2.05, 4.69) is 9.88 Å². The number of carbonyl (C=O) groups is 2. The van der Waals surface area contributed by atoms with Crippen LogP contribution in [0, 0.1) is 0 Å². The van der Waals surface area contributed by atoms with E-state index >= 15 is 0 Å². The third kappa shape index (κ3) is 5.17. The normalized spacial score (nSPS) is 18.0. The number of likely N-dealkylation sites (tertiary alicyclic amines) is 1. The van der Waals surface area contributed by atoms with E-state index in [-0.39, 0.29) is 18.5 Å². The fraction of sp³-hybridized carbons (Fsp3) is 0.450. The van der Waals surface area contributed by atoms with Gasteiger partial charge in [0.15, 0.2) is 5.76 Å². The van der Waals surface area contributed by atoms with Crippen molar-refractivity contribution in [3.8, 4) is 11.3 Å². The molecule has 0 radical (unpaired) electrons. The maximum atomic E-state index is 11.8. The molecule has 1 amide bonds. The number of carbonyl (C=O) groups excluding carboxylic acids is 1. The summed E-state index contributed by atoms with van der Waals surface area (Å²) in [6.07, 6.45) is 4.21. The Labute approximate surface area is 158 Å². The van der Waals surface area contributed by atoms with E-state index in [1.165, 1.54) is 11.8 Å². The van der Waals surface area contributed by atoms with Crippen LogP contribution in [0.15, 0.2) is 40.9 Å². The van der Waals surface area contributed by atoms with Gasteiger partial charge in [-0.2, -0.15) is 0 Å². The molecule has 7 nitrogen and oxygen atoms in total. The van der Waals surface area contributed by atoms with Crippen molar-refractivity contribution in [3.05, 3.63) is 42.4 Å². The number of hydrogen-bond acceptors (Lipinski definition) is 5. The fourth-order valence-corrected chi connectivity index (χ4v) is 3.56. The average Bonchev–Trinajstić information content (AvgIpc) is 2.99. The molecule has 1 aromatic carbocycles. The van der Waals surface area contributed by atoms with Crippen molar-refractivity contribution >= 4 is 11.9 Å². The zero-order chi connectivity index (χ0) is 19.2. The third-order valence-electron chi connectivity index (χ3n) is 4.91. The van der Waals surface area contributed by atoms with Crippen LogP contribution < -0.4 is 0 Å². The second-order valence-corrected chi connectivity index (χ2v) is 6.89. The van der Waals surface area contributed by atoms with E-state index < -0.39 is 5.97 Å². The van der Waals surface area contributed by atoms with E-state index in [1.54, 1.807) is 6.20 Å². The molecule has 0 bridgehead atoms. The molecule has 2 aromatic rings. The van der Waals surface area contributed by atoms with Gasteiger partial charge < -0.3 is 14.4 Å². The zero-order valence-corrected chi connectivity index (χ0v) is 15.5. The van der Waals surface area contributed by atoms with E-state index in [1.807, 2.05) is 30.3 Å². The first-order valence-electron chi connectivity index (χ1n) is 9.24. The van der Waals surface area contributed by atoms with Crippen LogP contribution in [-0.2, 0) is 16.1 Å². The van der Waals surface area contributed by atoms with Crippen molar-refractivity contribution in [3.63, 3.8) is 0 Å². The molecule has 7 heteroatoms. The largest absolute Gasteiger partial charge is 0.480 e. The molecule has 0 spiro atoms. The van der Waals surface area contributed by atoms with Crippen molar-refractivity contribution < 1.29 is 19.1 Å². The van der Waals surface area contributed by atoms with Crippen LogP contribution in [0.1, 0.15) is 32.1 Å². The topological polar surface area (TPSA) is 86.9 Å². The molecule has 3 rings (SSSR count). The minimum Gasteiger partial charge on any atom is -0.480 e. The van der Waals surface area contributed by atoms with Crippen molar-refractivity contribution in [1.29, 1.82) is 0 Å². The number of aliphatic carboxylic acids is 1. The summed E-state index contributed by atoms with van der Waals surface area (Å²) in [7, 11) is 0. The Bertz CT molecular complexity index is 775. The Balaban J connectivity index is 1.59. The Hall–Kier alpha value is -2.67. The summed E-state index contributed by atoms with van der Waals surface area (Å²) >= 11 is 0. The monoisotopic (exact) mass is 371 g/mol. The molecule has 1 unspecified atom stereocenters. The van der Waals surface area contributed by atoms with Crippen LogP contribution in [0.3, 0.4) is 0 Å². The highest BCUT2D eigenvalue weighted by Gasteiger charge is 2.26. The number of rotatable bonds is 6. The Morgan fingerprint density at radius 2 is 2.04 bits per heavy atom. The Morgan fingerprint density at radius 1 is 1.26 bits per heavy atom. The maximum Gasteiger partial charge on any atom is 0.323 e. The van der Waals surface area contributed by atoms with Crippen molar-refractivity contribution in [2.45, 2.75) is 38.8 Å². The van der Waals surface area contributed by atoms with Crippen molar-refractivity contribution in [2.75, 3.05) is 19.6 Å². The summed E-state index contributed by atoms with van der Waals surface area (Å²) in [6.45, 7) is 3.46. The van der Waals surface area contributed by atoms with Crippen LogP contribution >= 0.6 is 0 Å². The molecule has 2 heterocycles. The van der Waals surface area contributed by atoms with Gasteiger partial charge in [-0.15, -0.1) is 0 Å². The average molecular weight is 371 g/mol. The van der Waals surface area contributed by atoms with Gasteiger partial charge in [0.1, 0.15) is 6.54 Å². The lowest BCUT2D eigenvalue weighted by molar-refractivity contribution is -0.145. The summed E-state index contributed by atoms with van der Waals surface area (Å²) in [5.74, 6) is 0.263. The first kappa shape index (κ1) is 19.1. The highest BCUT2D eigenvalue weighted by atomic mass is 16.4. The van der Waals surface area contributed by atoms with Gasteiger partial charge in [-0.25, -0.2) is 4.98 Å². The van der Waals surface area contributed by atoms with Gasteiger partial charge in [0, 0.05) is 25.1 Å². The van der Waals surface area contributed by atoms with Gasteiger partial charge in [0.25, 0.3) is 0 Å². The molecule has 1 aromatic heterocycles.